The second-order valence-electron chi connectivity index (χ2n) is 4.12. The van der Waals surface area contributed by atoms with Crippen LogP contribution in [0.15, 0.2) is 24.3 Å². The number of nitrogens with two attached hydrogens (primary N) is 1. The fraction of sp³-hybridized carbons (Fsp3) is 0.357. The molecule has 3 heteroatoms. The van der Waals surface area contributed by atoms with Crippen molar-refractivity contribution in [3.63, 3.8) is 0 Å². The molecule has 1 aromatic carbocycles. The van der Waals surface area contributed by atoms with Crippen LogP contribution in [0.5, 0.6) is 0 Å². The SMILES string of the molecule is CCCc1nc(-c2ccc(CC)cc2)c(N)s1. The second-order valence-corrected chi connectivity index (χ2v) is 5.24. The molecule has 0 fully saturated rings. The van der Waals surface area contributed by atoms with Crippen LogP contribution >= 0.6 is 11.3 Å². The van der Waals surface area contributed by atoms with Gasteiger partial charge in [-0.2, -0.15) is 0 Å². The van der Waals surface area contributed by atoms with Gasteiger partial charge in [0.15, 0.2) is 0 Å². The van der Waals surface area contributed by atoms with E-state index < -0.39 is 0 Å². The number of thiazole rings is 1. The van der Waals surface area contributed by atoms with E-state index in [-0.39, 0.29) is 0 Å². The predicted molar refractivity (Wildman–Crippen MR) is 75.3 cm³/mol. The Morgan fingerprint density at radius 2 is 1.88 bits per heavy atom. The second kappa shape index (κ2) is 5.32. The van der Waals surface area contributed by atoms with Crippen molar-refractivity contribution in [3.8, 4) is 11.3 Å². The molecule has 0 aliphatic rings. The summed E-state index contributed by atoms with van der Waals surface area (Å²) in [6.45, 7) is 4.32. The molecule has 0 bridgehead atoms. The highest BCUT2D eigenvalue weighted by molar-refractivity contribution is 7.16. The lowest BCUT2D eigenvalue weighted by atomic mass is 10.1. The summed E-state index contributed by atoms with van der Waals surface area (Å²) in [6, 6.07) is 8.52. The third-order valence-corrected chi connectivity index (χ3v) is 3.74. The van der Waals surface area contributed by atoms with E-state index in [9.17, 15) is 0 Å². The van der Waals surface area contributed by atoms with E-state index in [0.29, 0.717) is 0 Å². The Kier molecular flexibility index (Phi) is 3.79. The van der Waals surface area contributed by atoms with Crippen molar-refractivity contribution in [1.82, 2.24) is 4.98 Å². The summed E-state index contributed by atoms with van der Waals surface area (Å²) >= 11 is 1.61. The average molecular weight is 246 g/mol. The maximum atomic E-state index is 6.03. The third kappa shape index (κ3) is 2.67. The topological polar surface area (TPSA) is 38.9 Å². The zero-order valence-electron chi connectivity index (χ0n) is 10.4. The number of nitrogens with zero attached hydrogens (tertiary/aromatic N) is 1. The lowest BCUT2D eigenvalue weighted by molar-refractivity contribution is 0.910. The van der Waals surface area contributed by atoms with E-state index in [1.54, 1.807) is 11.3 Å². The average Bonchev–Trinajstić information content (AvgIpc) is 2.71. The standard InChI is InChI=1S/C14H18N2S/c1-3-5-12-16-13(14(15)17-12)11-8-6-10(4-2)7-9-11/h6-9H,3-5,15H2,1-2H3. The van der Waals surface area contributed by atoms with Crippen LogP contribution < -0.4 is 5.73 Å². The van der Waals surface area contributed by atoms with Gasteiger partial charge in [0.25, 0.3) is 0 Å². The van der Waals surface area contributed by atoms with Crippen LogP contribution in [0.1, 0.15) is 30.8 Å². The van der Waals surface area contributed by atoms with Crippen molar-refractivity contribution < 1.29 is 0 Å². The van der Waals surface area contributed by atoms with Crippen LogP contribution in [0, 0.1) is 0 Å². The van der Waals surface area contributed by atoms with Gasteiger partial charge in [-0.15, -0.1) is 11.3 Å². The summed E-state index contributed by atoms with van der Waals surface area (Å²) in [4.78, 5) is 4.62. The maximum Gasteiger partial charge on any atom is 0.114 e. The van der Waals surface area contributed by atoms with Gasteiger partial charge in [-0.05, 0) is 24.8 Å². The third-order valence-electron chi connectivity index (χ3n) is 2.80. The van der Waals surface area contributed by atoms with Gasteiger partial charge in [0.2, 0.25) is 0 Å². The Morgan fingerprint density at radius 1 is 1.18 bits per heavy atom. The summed E-state index contributed by atoms with van der Waals surface area (Å²) in [5.41, 5.74) is 9.44. The molecule has 1 aromatic heterocycles. The van der Waals surface area contributed by atoms with E-state index in [4.69, 9.17) is 5.73 Å². The number of aryl methyl sites for hydroxylation is 2. The van der Waals surface area contributed by atoms with E-state index >= 15 is 0 Å². The molecule has 2 aromatic rings. The van der Waals surface area contributed by atoms with Crippen LogP contribution in [0.3, 0.4) is 0 Å². The molecule has 2 rings (SSSR count). The molecule has 0 unspecified atom stereocenters. The van der Waals surface area contributed by atoms with E-state index in [0.717, 1.165) is 40.5 Å². The molecule has 1 heterocycles. The first kappa shape index (κ1) is 12.1. The number of rotatable bonds is 4. The highest BCUT2D eigenvalue weighted by Crippen LogP contribution is 2.31. The van der Waals surface area contributed by atoms with Crippen molar-refractivity contribution in [3.05, 3.63) is 34.8 Å². The van der Waals surface area contributed by atoms with Gasteiger partial charge in [0.1, 0.15) is 10.7 Å². The van der Waals surface area contributed by atoms with Crippen molar-refractivity contribution in [2.45, 2.75) is 33.1 Å². The highest BCUT2D eigenvalue weighted by atomic mass is 32.1. The zero-order valence-corrected chi connectivity index (χ0v) is 11.2. The smallest absolute Gasteiger partial charge is 0.114 e. The first-order valence-electron chi connectivity index (χ1n) is 6.09. The molecule has 0 saturated carbocycles. The Bertz CT molecular complexity index is 485. The molecule has 2 N–H and O–H groups in total. The predicted octanol–water partition coefficient (Wildman–Crippen LogP) is 3.91. The number of benzene rings is 1. The van der Waals surface area contributed by atoms with Gasteiger partial charge in [-0.3, -0.25) is 0 Å². The molecule has 0 atom stereocenters. The quantitative estimate of drug-likeness (QED) is 0.888. The Balaban J connectivity index is 2.31. The van der Waals surface area contributed by atoms with Crippen LogP contribution in [0.2, 0.25) is 0 Å². The summed E-state index contributed by atoms with van der Waals surface area (Å²) < 4.78 is 0. The summed E-state index contributed by atoms with van der Waals surface area (Å²) in [5.74, 6) is 0. The van der Waals surface area contributed by atoms with Crippen molar-refractivity contribution in [1.29, 1.82) is 0 Å². The molecule has 0 spiro atoms. The molecule has 17 heavy (non-hydrogen) atoms. The van der Waals surface area contributed by atoms with Crippen LogP contribution in [-0.4, -0.2) is 4.98 Å². The molecule has 2 nitrogen and oxygen atoms in total. The zero-order chi connectivity index (χ0) is 12.3. The van der Waals surface area contributed by atoms with Gasteiger partial charge >= 0.3 is 0 Å². The first-order chi connectivity index (χ1) is 8.24. The molecule has 0 amide bonds. The van der Waals surface area contributed by atoms with Gasteiger partial charge in [0.05, 0.1) is 5.01 Å². The molecule has 0 saturated heterocycles. The molecular formula is C14H18N2S. The minimum absolute atomic E-state index is 0.831. The Labute approximate surface area is 107 Å². The number of hydrogen-bond donors (Lipinski definition) is 1. The van der Waals surface area contributed by atoms with Gasteiger partial charge in [0, 0.05) is 5.56 Å². The largest absolute Gasteiger partial charge is 0.389 e. The number of anilines is 1. The van der Waals surface area contributed by atoms with Crippen LogP contribution in [0.25, 0.3) is 11.3 Å². The monoisotopic (exact) mass is 246 g/mol. The number of nitrogen functional groups attached to an aromatic ring is 1. The van der Waals surface area contributed by atoms with E-state index in [1.807, 2.05) is 0 Å². The molecule has 0 radical (unpaired) electrons. The summed E-state index contributed by atoms with van der Waals surface area (Å²) in [6.07, 6.45) is 3.19. The maximum absolute atomic E-state index is 6.03. The molecular weight excluding hydrogens is 228 g/mol. The Hall–Kier alpha value is -1.35. The lowest BCUT2D eigenvalue weighted by Gasteiger charge is -2.00. The lowest BCUT2D eigenvalue weighted by Crippen LogP contribution is -1.87. The van der Waals surface area contributed by atoms with Gasteiger partial charge in [-0.1, -0.05) is 38.1 Å². The molecule has 0 aliphatic carbocycles. The fourth-order valence-electron chi connectivity index (χ4n) is 1.80. The summed E-state index contributed by atoms with van der Waals surface area (Å²) in [5, 5.41) is 1.97. The van der Waals surface area contributed by atoms with E-state index in [1.165, 1.54) is 5.56 Å². The molecule has 90 valence electrons. The van der Waals surface area contributed by atoms with E-state index in [2.05, 4.69) is 43.1 Å². The molecule has 0 aliphatic heterocycles. The van der Waals surface area contributed by atoms with Crippen LogP contribution in [-0.2, 0) is 12.8 Å². The van der Waals surface area contributed by atoms with Crippen molar-refractivity contribution >= 4 is 16.3 Å². The first-order valence-corrected chi connectivity index (χ1v) is 6.90. The van der Waals surface area contributed by atoms with Crippen molar-refractivity contribution in [2.24, 2.45) is 0 Å². The number of aromatic nitrogens is 1. The fourth-order valence-corrected chi connectivity index (χ4v) is 2.76. The highest BCUT2D eigenvalue weighted by Gasteiger charge is 2.09. The Morgan fingerprint density at radius 3 is 2.47 bits per heavy atom. The van der Waals surface area contributed by atoms with Crippen molar-refractivity contribution in [2.75, 3.05) is 5.73 Å². The normalized spacial score (nSPS) is 10.7. The van der Waals surface area contributed by atoms with Crippen LogP contribution in [0.4, 0.5) is 5.00 Å². The summed E-state index contributed by atoms with van der Waals surface area (Å²) in [7, 11) is 0. The van der Waals surface area contributed by atoms with Gasteiger partial charge < -0.3 is 5.73 Å². The number of hydrogen-bond acceptors (Lipinski definition) is 3. The van der Waals surface area contributed by atoms with Gasteiger partial charge in [-0.25, -0.2) is 4.98 Å². The minimum Gasteiger partial charge on any atom is -0.389 e. The minimum atomic E-state index is 0.831.